The minimum Gasteiger partial charge on any atom is -0.497 e. The van der Waals surface area contributed by atoms with Gasteiger partial charge in [0.15, 0.2) is 11.5 Å². The third kappa shape index (κ3) is 4.44. The van der Waals surface area contributed by atoms with Crippen molar-refractivity contribution < 1.29 is 19.0 Å². The summed E-state index contributed by atoms with van der Waals surface area (Å²) in [6, 6.07) is 13.8. The van der Waals surface area contributed by atoms with Gasteiger partial charge in [-0.25, -0.2) is 0 Å². The summed E-state index contributed by atoms with van der Waals surface area (Å²) in [6.07, 6.45) is 2.01. The van der Waals surface area contributed by atoms with E-state index >= 15 is 0 Å². The van der Waals surface area contributed by atoms with Gasteiger partial charge in [0, 0.05) is 20.0 Å². The molecule has 0 unspecified atom stereocenters. The molecule has 3 rings (SSSR count). The summed E-state index contributed by atoms with van der Waals surface area (Å²) in [5, 5.41) is 0. The molecule has 1 heterocycles. The fourth-order valence-electron chi connectivity index (χ4n) is 2.75. The van der Waals surface area contributed by atoms with Crippen LogP contribution in [0.15, 0.2) is 42.5 Å². The maximum absolute atomic E-state index is 12.3. The van der Waals surface area contributed by atoms with Gasteiger partial charge in [-0.2, -0.15) is 0 Å². The van der Waals surface area contributed by atoms with Gasteiger partial charge in [-0.05, 0) is 48.2 Å². The number of likely N-dealkylation sites (N-methyl/N-ethyl adjacent to an activating group) is 1. The van der Waals surface area contributed by atoms with Gasteiger partial charge in [0.2, 0.25) is 12.7 Å². The van der Waals surface area contributed by atoms with Gasteiger partial charge in [0.1, 0.15) is 5.75 Å². The van der Waals surface area contributed by atoms with Crippen LogP contribution in [0.25, 0.3) is 0 Å². The Labute approximate surface area is 148 Å². The number of carbonyl (C=O) groups is 1. The molecule has 0 atom stereocenters. The lowest BCUT2D eigenvalue weighted by Crippen LogP contribution is -2.29. The van der Waals surface area contributed by atoms with Crippen molar-refractivity contribution in [3.63, 3.8) is 0 Å². The quantitative estimate of drug-likeness (QED) is 0.777. The summed E-state index contributed by atoms with van der Waals surface area (Å²) in [5.41, 5.74) is 2.28. The number of ether oxygens (including phenoxy) is 3. The second-order valence-electron chi connectivity index (χ2n) is 6.10. The number of fused-ring (bicyclic) bond motifs is 1. The predicted octanol–water partition coefficient (Wildman–Crippen LogP) is 3.06. The van der Waals surface area contributed by atoms with Gasteiger partial charge in [0.05, 0.1) is 7.11 Å². The molecule has 0 radical (unpaired) electrons. The van der Waals surface area contributed by atoms with Crippen molar-refractivity contribution in [2.45, 2.75) is 19.3 Å². The SMILES string of the molecule is COc1ccc(CCN(C)C(=O)CCc2ccc3c(c2)OCO3)cc1. The molecule has 0 aliphatic carbocycles. The van der Waals surface area contributed by atoms with Crippen LogP contribution in [0.2, 0.25) is 0 Å². The third-order valence-corrected chi connectivity index (χ3v) is 4.39. The molecule has 25 heavy (non-hydrogen) atoms. The molecule has 0 spiro atoms. The topological polar surface area (TPSA) is 48.0 Å². The van der Waals surface area contributed by atoms with Crippen LogP contribution in [0.3, 0.4) is 0 Å². The monoisotopic (exact) mass is 341 g/mol. The highest BCUT2D eigenvalue weighted by molar-refractivity contribution is 5.76. The van der Waals surface area contributed by atoms with Crippen molar-refractivity contribution >= 4 is 5.91 Å². The van der Waals surface area contributed by atoms with Crippen LogP contribution < -0.4 is 14.2 Å². The number of rotatable bonds is 7. The molecular formula is C20H23NO4. The average Bonchev–Trinajstić information content (AvgIpc) is 3.12. The first kappa shape index (κ1) is 17.1. The lowest BCUT2D eigenvalue weighted by atomic mass is 10.1. The van der Waals surface area contributed by atoms with Gasteiger partial charge in [-0.3, -0.25) is 4.79 Å². The Morgan fingerprint density at radius 1 is 1.04 bits per heavy atom. The van der Waals surface area contributed by atoms with Crippen LogP contribution in [0.4, 0.5) is 0 Å². The summed E-state index contributed by atoms with van der Waals surface area (Å²) < 4.78 is 15.8. The van der Waals surface area contributed by atoms with Crippen molar-refractivity contribution in [3.05, 3.63) is 53.6 Å². The fourth-order valence-corrected chi connectivity index (χ4v) is 2.75. The van der Waals surface area contributed by atoms with E-state index in [0.29, 0.717) is 19.4 Å². The highest BCUT2D eigenvalue weighted by atomic mass is 16.7. The van der Waals surface area contributed by atoms with E-state index in [0.717, 1.165) is 29.2 Å². The Morgan fingerprint density at radius 2 is 1.76 bits per heavy atom. The Kier molecular flexibility index (Phi) is 5.43. The average molecular weight is 341 g/mol. The number of methoxy groups -OCH3 is 1. The minimum absolute atomic E-state index is 0.145. The summed E-state index contributed by atoms with van der Waals surface area (Å²) in [7, 11) is 3.51. The molecule has 5 nitrogen and oxygen atoms in total. The second kappa shape index (κ2) is 7.92. The van der Waals surface area contributed by atoms with E-state index in [2.05, 4.69) is 0 Å². The maximum Gasteiger partial charge on any atom is 0.231 e. The molecule has 5 heteroatoms. The molecule has 1 aliphatic heterocycles. The fraction of sp³-hybridized carbons (Fsp3) is 0.350. The van der Waals surface area contributed by atoms with Crippen molar-refractivity contribution in [3.8, 4) is 17.2 Å². The summed E-state index contributed by atoms with van der Waals surface area (Å²) in [5.74, 6) is 2.52. The number of aryl methyl sites for hydroxylation is 1. The molecule has 0 aromatic heterocycles. The maximum atomic E-state index is 12.3. The Balaban J connectivity index is 1.45. The van der Waals surface area contributed by atoms with Crippen molar-refractivity contribution in [1.82, 2.24) is 4.90 Å². The molecule has 2 aromatic rings. The standard InChI is InChI=1S/C20H23NO4/c1-21(12-11-15-3-7-17(23-2)8-4-15)20(22)10-6-16-5-9-18-19(13-16)25-14-24-18/h3-5,7-9,13H,6,10-12,14H2,1-2H3. The minimum atomic E-state index is 0.145. The number of carbonyl (C=O) groups excluding carboxylic acids is 1. The highest BCUT2D eigenvalue weighted by Gasteiger charge is 2.14. The Morgan fingerprint density at radius 3 is 2.52 bits per heavy atom. The van der Waals surface area contributed by atoms with E-state index in [1.165, 1.54) is 5.56 Å². The van der Waals surface area contributed by atoms with Crippen molar-refractivity contribution in [2.75, 3.05) is 27.5 Å². The molecule has 0 saturated carbocycles. The number of hydrogen-bond acceptors (Lipinski definition) is 4. The van der Waals surface area contributed by atoms with Crippen LogP contribution >= 0.6 is 0 Å². The first-order valence-corrected chi connectivity index (χ1v) is 8.41. The molecule has 2 aromatic carbocycles. The van der Waals surface area contributed by atoms with Crippen LogP contribution in [-0.2, 0) is 17.6 Å². The predicted molar refractivity (Wildman–Crippen MR) is 95.2 cm³/mol. The van der Waals surface area contributed by atoms with Gasteiger partial charge < -0.3 is 19.1 Å². The molecule has 1 amide bonds. The zero-order valence-electron chi connectivity index (χ0n) is 14.7. The van der Waals surface area contributed by atoms with E-state index < -0.39 is 0 Å². The summed E-state index contributed by atoms with van der Waals surface area (Å²) in [6.45, 7) is 0.970. The molecular weight excluding hydrogens is 318 g/mol. The normalized spacial score (nSPS) is 12.1. The lowest BCUT2D eigenvalue weighted by molar-refractivity contribution is -0.129. The summed E-state index contributed by atoms with van der Waals surface area (Å²) in [4.78, 5) is 14.1. The number of hydrogen-bond donors (Lipinski definition) is 0. The third-order valence-electron chi connectivity index (χ3n) is 4.39. The second-order valence-corrected chi connectivity index (χ2v) is 6.10. The van der Waals surface area contributed by atoms with Gasteiger partial charge >= 0.3 is 0 Å². The van der Waals surface area contributed by atoms with Gasteiger partial charge in [0.25, 0.3) is 0 Å². The van der Waals surface area contributed by atoms with Crippen molar-refractivity contribution in [1.29, 1.82) is 0 Å². The first-order valence-electron chi connectivity index (χ1n) is 8.41. The number of amides is 1. The van der Waals surface area contributed by atoms with Crippen molar-refractivity contribution in [2.24, 2.45) is 0 Å². The molecule has 0 N–H and O–H groups in total. The molecule has 0 bridgehead atoms. The van der Waals surface area contributed by atoms with Crippen LogP contribution in [0.5, 0.6) is 17.2 Å². The largest absolute Gasteiger partial charge is 0.497 e. The summed E-state index contributed by atoms with van der Waals surface area (Å²) >= 11 is 0. The highest BCUT2D eigenvalue weighted by Crippen LogP contribution is 2.32. The van der Waals surface area contributed by atoms with Crippen LogP contribution in [-0.4, -0.2) is 38.3 Å². The van der Waals surface area contributed by atoms with E-state index in [1.807, 2.05) is 49.5 Å². The van der Waals surface area contributed by atoms with E-state index in [1.54, 1.807) is 12.0 Å². The molecule has 132 valence electrons. The Bertz CT molecular complexity index is 727. The molecule has 0 saturated heterocycles. The number of nitrogens with zero attached hydrogens (tertiary/aromatic N) is 1. The molecule has 0 fully saturated rings. The smallest absolute Gasteiger partial charge is 0.231 e. The van der Waals surface area contributed by atoms with Crippen LogP contribution in [0.1, 0.15) is 17.5 Å². The zero-order chi connectivity index (χ0) is 17.6. The van der Waals surface area contributed by atoms with Gasteiger partial charge in [-0.15, -0.1) is 0 Å². The zero-order valence-corrected chi connectivity index (χ0v) is 14.7. The van der Waals surface area contributed by atoms with Gasteiger partial charge in [-0.1, -0.05) is 18.2 Å². The number of benzene rings is 2. The van der Waals surface area contributed by atoms with E-state index in [9.17, 15) is 4.79 Å². The van der Waals surface area contributed by atoms with E-state index in [4.69, 9.17) is 14.2 Å². The molecule has 1 aliphatic rings. The first-order chi connectivity index (χ1) is 12.2. The van der Waals surface area contributed by atoms with Crippen LogP contribution in [0, 0.1) is 0 Å². The Hall–Kier alpha value is -2.69. The lowest BCUT2D eigenvalue weighted by Gasteiger charge is -2.17. The van der Waals surface area contributed by atoms with E-state index in [-0.39, 0.29) is 12.7 Å².